The zero-order valence-electron chi connectivity index (χ0n) is 13.7. The number of ether oxygens (including phenoxy) is 2. The molecule has 1 aliphatic rings. The fourth-order valence-corrected chi connectivity index (χ4v) is 2.56. The number of esters is 1. The number of carbonyl (C=O) groups excluding carboxylic acids is 2. The van der Waals surface area contributed by atoms with Crippen LogP contribution in [-0.4, -0.2) is 24.1 Å². The van der Waals surface area contributed by atoms with E-state index in [0.717, 1.165) is 5.56 Å². The van der Waals surface area contributed by atoms with Gasteiger partial charge in [-0.15, -0.1) is 0 Å². The molecule has 2 aromatic carbocycles. The van der Waals surface area contributed by atoms with E-state index in [9.17, 15) is 9.59 Å². The summed E-state index contributed by atoms with van der Waals surface area (Å²) in [4.78, 5) is 25.7. The van der Waals surface area contributed by atoms with Crippen molar-refractivity contribution >= 4 is 12.1 Å². The first-order valence-corrected chi connectivity index (χ1v) is 7.77. The molecule has 1 amide bonds. The Morgan fingerprint density at radius 1 is 0.960 bits per heavy atom. The molecule has 1 unspecified atom stereocenters. The first kappa shape index (κ1) is 16.5. The third kappa shape index (κ3) is 3.77. The van der Waals surface area contributed by atoms with E-state index in [0.29, 0.717) is 11.3 Å². The second-order valence-corrected chi connectivity index (χ2v) is 5.39. The maximum atomic E-state index is 12.3. The molecule has 0 N–H and O–H groups in total. The fraction of sp³-hybridized carbons (Fsp3) is 0.100. The Bertz CT molecular complexity index is 812. The molecule has 0 aliphatic carbocycles. The Morgan fingerprint density at radius 3 is 2.24 bits per heavy atom. The van der Waals surface area contributed by atoms with Gasteiger partial charge in [-0.25, -0.2) is 9.59 Å². The Hall–Kier alpha value is -3.34. The molecule has 0 aromatic heterocycles. The molecule has 5 nitrogen and oxygen atoms in total. The van der Waals surface area contributed by atoms with Crippen molar-refractivity contribution in [3.05, 3.63) is 90.3 Å². The lowest BCUT2D eigenvalue weighted by Crippen LogP contribution is -2.29. The monoisotopic (exact) mass is 335 g/mol. The number of para-hydroxylation sites is 1. The number of nitrogens with zero attached hydrogens (tertiary/aromatic N) is 1. The molecular weight excluding hydrogens is 318 g/mol. The average molecular weight is 335 g/mol. The van der Waals surface area contributed by atoms with Gasteiger partial charge in [0.25, 0.3) is 0 Å². The molecule has 5 heteroatoms. The van der Waals surface area contributed by atoms with Gasteiger partial charge < -0.3 is 9.47 Å². The van der Waals surface area contributed by atoms with Gasteiger partial charge >= 0.3 is 12.1 Å². The van der Waals surface area contributed by atoms with Crippen molar-refractivity contribution in [1.29, 1.82) is 0 Å². The minimum Gasteiger partial charge on any atom is -0.466 e. The minimum atomic E-state index is -0.602. The van der Waals surface area contributed by atoms with Gasteiger partial charge in [0.1, 0.15) is 5.75 Å². The quantitative estimate of drug-likeness (QED) is 0.799. The second kappa shape index (κ2) is 7.49. The van der Waals surface area contributed by atoms with Crippen molar-refractivity contribution < 1.29 is 19.1 Å². The lowest BCUT2D eigenvalue weighted by atomic mass is 9.90. The molecule has 1 aliphatic heterocycles. The van der Waals surface area contributed by atoms with Crippen molar-refractivity contribution in [2.45, 2.75) is 5.92 Å². The molecule has 1 atom stereocenters. The van der Waals surface area contributed by atoms with Crippen molar-refractivity contribution in [3.8, 4) is 5.75 Å². The lowest BCUT2D eigenvalue weighted by molar-refractivity contribution is -0.136. The van der Waals surface area contributed by atoms with E-state index in [2.05, 4.69) is 0 Å². The van der Waals surface area contributed by atoms with Gasteiger partial charge in [0, 0.05) is 18.3 Å². The Labute approximate surface area is 145 Å². The smallest absolute Gasteiger partial charge is 0.423 e. The molecule has 3 rings (SSSR count). The number of rotatable bonds is 3. The summed E-state index contributed by atoms with van der Waals surface area (Å²) in [7, 11) is 1.32. The highest BCUT2D eigenvalue weighted by Crippen LogP contribution is 2.30. The highest BCUT2D eigenvalue weighted by molar-refractivity contribution is 5.92. The van der Waals surface area contributed by atoms with Gasteiger partial charge in [0.05, 0.1) is 12.7 Å². The van der Waals surface area contributed by atoms with Crippen molar-refractivity contribution in [1.82, 2.24) is 4.90 Å². The lowest BCUT2D eigenvalue weighted by Gasteiger charge is -2.24. The first-order chi connectivity index (χ1) is 12.2. The van der Waals surface area contributed by atoms with Crippen molar-refractivity contribution in [3.63, 3.8) is 0 Å². The molecule has 0 saturated heterocycles. The van der Waals surface area contributed by atoms with Gasteiger partial charge in [-0.2, -0.15) is 0 Å². The molecule has 2 aromatic rings. The number of hydrogen-bond donors (Lipinski definition) is 0. The van der Waals surface area contributed by atoms with Gasteiger partial charge in [-0.3, -0.25) is 4.90 Å². The largest absolute Gasteiger partial charge is 0.466 e. The van der Waals surface area contributed by atoms with Crippen LogP contribution in [0.1, 0.15) is 11.5 Å². The van der Waals surface area contributed by atoms with Crippen LogP contribution in [0.2, 0.25) is 0 Å². The number of carbonyl (C=O) groups is 2. The molecular formula is C20H17NO4. The van der Waals surface area contributed by atoms with Gasteiger partial charge in [-0.05, 0) is 17.7 Å². The summed E-state index contributed by atoms with van der Waals surface area (Å²) < 4.78 is 10.2. The van der Waals surface area contributed by atoms with Crippen molar-refractivity contribution in [2.24, 2.45) is 0 Å². The Morgan fingerprint density at radius 2 is 1.60 bits per heavy atom. The molecule has 0 radical (unpaired) electrons. The maximum absolute atomic E-state index is 12.3. The Balaban J connectivity index is 1.84. The first-order valence-electron chi connectivity index (χ1n) is 7.77. The summed E-state index contributed by atoms with van der Waals surface area (Å²) in [6.45, 7) is 0. The number of benzene rings is 2. The van der Waals surface area contributed by atoms with Crippen molar-refractivity contribution in [2.75, 3.05) is 7.11 Å². The van der Waals surface area contributed by atoms with E-state index < -0.39 is 12.1 Å². The third-order valence-corrected chi connectivity index (χ3v) is 3.79. The summed E-state index contributed by atoms with van der Waals surface area (Å²) >= 11 is 0. The van der Waals surface area contributed by atoms with E-state index in [-0.39, 0.29) is 5.92 Å². The van der Waals surface area contributed by atoms with Crippen LogP contribution in [0.5, 0.6) is 5.75 Å². The second-order valence-electron chi connectivity index (χ2n) is 5.39. The highest BCUT2D eigenvalue weighted by atomic mass is 16.6. The van der Waals surface area contributed by atoms with Crippen LogP contribution in [0, 0.1) is 0 Å². The predicted molar refractivity (Wildman–Crippen MR) is 92.7 cm³/mol. The summed E-state index contributed by atoms with van der Waals surface area (Å²) in [6.07, 6.45) is 4.22. The van der Waals surface area contributed by atoms with E-state index in [1.807, 2.05) is 36.4 Å². The highest BCUT2D eigenvalue weighted by Gasteiger charge is 2.27. The van der Waals surface area contributed by atoms with E-state index >= 15 is 0 Å². The number of hydrogen-bond acceptors (Lipinski definition) is 4. The van der Waals surface area contributed by atoms with E-state index in [4.69, 9.17) is 9.47 Å². The standard InChI is InChI=1S/C20H17NO4/c1-24-19(22)18-14-21(20(23)25-16-10-6-3-7-11-16)13-12-17(18)15-8-4-2-5-9-15/h2-14,17H,1H3. The molecule has 0 bridgehead atoms. The van der Waals surface area contributed by atoms with E-state index in [1.165, 1.54) is 18.2 Å². The van der Waals surface area contributed by atoms with Gasteiger partial charge in [0.2, 0.25) is 0 Å². The van der Waals surface area contributed by atoms with Crippen LogP contribution in [0.15, 0.2) is 84.7 Å². The Kier molecular flexibility index (Phi) is 4.95. The number of allylic oxidation sites excluding steroid dienone is 1. The van der Waals surface area contributed by atoms with E-state index in [1.54, 1.807) is 36.5 Å². The average Bonchev–Trinajstić information content (AvgIpc) is 2.68. The predicted octanol–water partition coefficient (Wildman–Crippen LogP) is 3.86. The molecule has 25 heavy (non-hydrogen) atoms. The number of methoxy groups -OCH3 is 1. The summed E-state index contributed by atoms with van der Waals surface area (Å²) in [6, 6.07) is 18.3. The van der Waals surface area contributed by atoms with Crippen LogP contribution in [-0.2, 0) is 9.53 Å². The minimum absolute atomic E-state index is 0.283. The maximum Gasteiger partial charge on any atom is 0.423 e. The van der Waals surface area contributed by atoms with Crippen LogP contribution >= 0.6 is 0 Å². The zero-order valence-corrected chi connectivity index (χ0v) is 13.7. The molecule has 0 saturated carbocycles. The van der Waals surface area contributed by atoms with Gasteiger partial charge in [0.15, 0.2) is 0 Å². The SMILES string of the molecule is COC(=O)C1=CN(C(=O)Oc2ccccc2)C=CC1c1ccccc1. The topological polar surface area (TPSA) is 55.8 Å². The van der Waals surface area contributed by atoms with Crippen LogP contribution in [0.25, 0.3) is 0 Å². The third-order valence-electron chi connectivity index (χ3n) is 3.79. The van der Waals surface area contributed by atoms with Crippen LogP contribution < -0.4 is 4.74 Å². The fourth-order valence-electron chi connectivity index (χ4n) is 2.56. The van der Waals surface area contributed by atoms with Crippen LogP contribution in [0.4, 0.5) is 4.79 Å². The molecule has 0 spiro atoms. The zero-order chi connectivity index (χ0) is 17.6. The number of amides is 1. The van der Waals surface area contributed by atoms with Gasteiger partial charge in [-0.1, -0.05) is 54.6 Å². The molecule has 0 fully saturated rings. The van der Waals surface area contributed by atoms with Crippen LogP contribution in [0.3, 0.4) is 0 Å². The summed E-state index contributed by atoms with van der Waals surface area (Å²) in [5.41, 5.74) is 1.30. The molecule has 1 heterocycles. The summed E-state index contributed by atoms with van der Waals surface area (Å²) in [5, 5.41) is 0. The summed E-state index contributed by atoms with van der Waals surface area (Å²) in [5.74, 6) is -0.343. The molecule has 126 valence electrons. The normalized spacial score (nSPS) is 16.1.